The number of terminal acetylenes is 1. The van der Waals surface area contributed by atoms with Gasteiger partial charge in [-0.05, 0) is 35.8 Å². The van der Waals surface area contributed by atoms with Gasteiger partial charge in [0.25, 0.3) is 0 Å². The lowest BCUT2D eigenvalue weighted by atomic mass is 9.84. The molecule has 136 valence electrons. The van der Waals surface area contributed by atoms with Crippen molar-refractivity contribution in [3.8, 4) is 12.3 Å². The normalized spacial score (nSPS) is 15.8. The van der Waals surface area contributed by atoms with E-state index >= 15 is 0 Å². The summed E-state index contributed by atoms with van der Waals surface area (Å²) in [5.74, 6) is 3.47. The second-order valence-electron chi connectivity index (χ2n) is 6.52. The first-order valence-electron chi connectivity index (χ1n) is 8.90. The van der Waals surface area contributed by atoms with Gasteiger partial charge in [-0.1, -0.05) is 43.5 Å². The molecule has 0 saturated heterocycles. The number of nitrogens with zero attached hydrogens (tertiary/aromatic N) is 1. The van der Waals surface area contributed by atoms with E-state index < -0.39 is 12.1 Å². The molecule has 0 radical (unpaired) electrons. The molecule has 2 amide bonds. The number of benzene rings is 1. The van der Waals surface area contributed by atoms with Gasteiger partial charge >= 0.3 is 6.03 Å². The lowest BCUT2D eigenvalue weighted by Crippen LogP contribution is -2.34. The average molecular weight is 369 g/mol. The van der Waals surface area contributed by atoms with E-state index in [1.54, 1.807) is 5.38 Å². The maximum absolute atomic E-state index is 12.1. The molecule has 1 fully saturated rings. The molecule has 1 aromatic carbocycles. The molecule has 6 heteroatoms. The van der Waals surface area contributed by atoms with Crippen LogP contribution in [0.5, 0.6) is 0 Å². The van der Waals surface area contributed by atoms with Gasteiger partial charge in [0.05, 0.1) is 12.6 Å². The van der Waals surface area contributed by atoms with Crippen LogP contribution < -0.4 is 10.6 Å². The van der Waals surface area contributed by atoms with Crippen LogP contribution in [0, 0.1) is 12.3 Å². The number of nitrogens with one attached hydrogen (secondary N) is 2. The number of anilines is 1. The Balaban J connectivity index is 1.60. The van der Waals surface area contributed by atoms with E-state index in [0.717, 1.165) is 5.56 Å². The molecule has 1 aliphatic rings. The van der Waals surface area contributed by atoms with Crippen LogP contribution in [0.2, 0.25) is 0 Å². The molecule has 1 atom stereocenters. The molecule has 3 N–H and O–H groups in total. The molecule has 5 nitrogen and oxygen atoms in total. The Kier molecular flexibility index (Phi) is 6.26. The van der Waals surface area contributed by atoms with Crippen LogP contribution >= 0.6 is 11.3 Å². The SMILES string of the molecule is C#Cc1nc(NC(=O)N[C@@H](CO)c2ccc(C3CCCCC3)cc2)cs1. The van der Waals surface area contributed by atoms with Crippen molar-refractivity contribution in [3.63, 3.8) is 0 Å². The van der Waals surface area contributed by atoms with Gasteiger partial charge in [-0.15, -0.1) is 17.8 Å². The molecule has 2 aromatic rings. The molecule has 1 aliphatic carbocycles. The fraction of sp³-hybridized carbons (Fsp3) is 0.400. The van der Waals surface area contributed by atoms with Gasteiger partial charge in [-0.25, -0.2) is 9.78 Å². The van der Waals surface area contributed by atoms with E-state index in [0.29, 0.717) is 16.7 Å². The third-order valence-electron chi connectivity index (χ3n) is 4.77. The number of hydrogen-bond donors (Lipinski definition) is 3. The van der Waals surface area contributed by atoms with E-state index in [2.05, 4.69) is 33.7 Å². The van der Waals surface area contributed by atoms with Gasteiger partial charge in [0.15, 0.2) is 5.01 Å². The fourth-order valence-corrected chi connectivity index (χ4v) is 3.93. The lowest BCUT2D eigenvalue weighted by Gasteiger charge is -2.23. The van der Waals surface area contributed by atoms with Crippen LogP contribution in [0.15, 0.2) is 29.6 Å². The number of aromatic nitrogens is 1. The number of aliphatic hydroxyl groups excluding tert-OH is 1. The first-order valence-corrected chi connectivity index (χ1v) is 9.78. The number of carbonyl (C=O) groups excluding carboxylic acids is 1. The number of carbonyl (C=O) groups is 1. The molecule has 26 heavy (non-hydrogen) atoms. The van der Waals surface area contributed by atoms with Gasteiger partial charge in [0.2, 0.25) is 0 Å². The number of aliphatic hydroxyl groups is 1. The molecule has 0 spiro atoms. The highest BCUT2D eigenvalue weighted by molar-refractivity contribution is 7.10. The minimum absolute atomic E-state index is 0.178. The third kappa shape index (κ3) is 4.63. The summed E-state index contributed by atoms with van der Waals surface area (Å²) in [5.41, 5.74) is 2.23. The van der Waals surface area contributed by atoms with Crippen molar-refractivity contribution in [1.29, 1.82) is 0 Å². The molecule has 1 aromatic heterocycles. The summed E-state index contributed by atoms with van der Waals surface area (Å²) in [7, 11) is 0. The zero-order valence-corrected chi connectivity index (χ0v) is 15.4. The first kappa shape index (κ1) is 18.4. The summed E-state index contributed by atoms with van der Waals surface area (Å²) in [5, 5.41) is 17.3. The molecule has 1 saturated carbocycles. The van der Waals surface area contributed by atoms with Crippen molar-refractivity contribution in [3.05, 3.63) is 45.8 Å². The zero-order valence-electron chi connectivity index (χ0n) is 14.6. The van der Waals surface area contributed by atoms with Gasteiger partial charge in [-0.2, -0.15) is 0 Å². The number of urea groups is 1. The highest BCUT2D eigenvalue weighted by Gasteiger charge is 2.18. The molecular weight excluding hydrogens is 346 g/mol. The fourth-order valence-electron chi connectivity index (χ4n) is 3.38. The van der Waals surface area contributed by atoms with E-state index in [1.165, 1.54) is 49.0 Å². The first-order chi connectivity index (χ1) is 12.7. The number of hydrogen-bond acceptors (Lipinski definition) is 4. The Morgan fingerprint density at radius 2 is 2.04 bits per heavy atom. The van der Waals surface area contributed by atoms with Crippen LogP contribution in [0.4, 0.5) is 10.6 Å². The number of amides is 2. The van der Waals surface area contributed by atoms with Crippen molar-refractivity contribution in [2.75, 3.05) is 11.9 Å². The summed E-state index contributed by atoms with van der Waals surface area (Å²) < 4.78 is 0. The van der Waals surface area contributed by atoms with E-state index in [1.807, 2.05) is 12.1 Å². The van der Waals surface area contributed by atoms with Crippen LogP contribution in [0.25, 0.3) is 0 Å². The van der Waals surface area contributed by atoms with E-state index in [9.17, 15) is 9.90 Å². The number of thiazole rings is 1. The molecule has 3 rings (SSSR count). The maximum Gasteiger partial charge on any atom is 0.320 e. The average Bonchev–Trinajstić information content (AvgIpc) is 3.14. The third-order valence-corrected chi connectivity index (χ3v) is 5.55. The van der Waals surface area contributed by atoms with Crippen LogP contribution in [0.1, 0.15) is 60.2 Å². The Hall–Kier alpha value is -2.36. The Bertz CT molecular complexity index is 773. The number of rotatable bonds is 5. The minimum atomic E-state index is -0.471. The van der Waals surface area contributed by atoms with E-state index in [-0.39, 0.29) is 6.61 Å². The molecular formula is C20H23N3O2S. The maximum atomic E-state index is 12.1. The highest BCUT2D eigenvalue weighted by atomic mass is 32.1. The van der Waals surface area contributed by atoms with Crippen LogP contribution in [-0.2, 0) is 0 Å². The smallest absolute Gasteiger partial charge is 0.320 e. The standard InChI is InChI=1S/C20H23N3O2S/c1-2-19-22-18(13-26-19)23-20(25)21-17(12-24)16-10-8-15(9-11-16)14-6-4-3-5-7-14/h1,8-11,13-14,17,24H,3-7,12H2,(H2,21,23,25)/t17-/m0/s1. The van der Waals surface area contributed by atoms with Crippen molar-refractivity contribution < 1.29 is 9.90 Å². The van der Waals surface area contributed by atoms with Gasteiger partial charge in [-0.3, -0.25) is 5.32 Å². The van der Waals surface area contributed by atoms with Crippen molar-refractivity contribution in [1.82, 2.24) is 10.3 Å². The second kappa shape index (κ2) is 8.84. The van der Waals surface area contributed by atoms with Crippen molar-refractivity contribution in [2.24, 2.45) is 0 Å². The lowest BCUT2D eigenvalue weighted by molar-refractivity contribution is 0.225. The predicted octanol–water partition coefficient (Wildman–Crippen LogP) is 4.03. The van der Waals surface area contributed by atoms with Gasteiger partial charge in [0.1, 0.15) is 5.82 Å². The predicted molar refractivity (Wildman–Crippen MR) is 104 cm³/mol. The van der Waals surface area contributed by atoms with Gasteiger partial charge in [0, 0.05) is 5.38 Å². The summed E-state index contributed by atoms with van der Waals surface area (Å²) in [6.45, 7) is -0.178. The summed E-state index contributed by atoms with van der Waals surface area (Å²) in [6.07, 6.45) is 11.7. The van der Waals surface area contributed by atoms with Gasteiger partial charge < -0.3 is 10.4 Å². The zero-order chi connectivity index (χ0) is 18.4. The summed E-state index contributed by atoms with van der Waals surface area (Å²) in [4.78, 5) is 16.2. The van der Waals surface area contributed by atoms with E-state index in [4.69, 9.17) is 6.42 Å². The summed E-state index contributed by atoms with van der Waals surface area (Å²) in [6, 6.07) is 7.32. The molecule has 1 heterocycles. The Labute approximate surface area is 157 Å². The minimum Gasteiger partial charge on any atom is -0.394 e. The second-order valence-corrected chi connectivity index (χ2v) is 7.38. The quantitative estimate of drug-likeness (QED) is 0.697. The summed E-state index contributed by atoms with van der Waals surface area (Å²) >= 11 is 1.29. The molecule has 0 bridgehead atoms. The topological polar surface area (TPSA) is 74.2 Å². The van der Waals surface area contributed by atoms with Crippen molar-refractivity contribution >= 4 is 23.2 Å². The largest absolute Gasteiger partial charge is 0.394 e. The molecule has 0 aliphatic heterocycles. The van der Waals surface area contributed by atoms with Crippen LogP contribution in [0.3, 0.4) is 0 Å². The molecule has 0 unspecified atom stereocenters. The Morgan fingerprint density at radius 3 is 2.65 bits per heavy atom. The monoisotopic (exact) mass is 369 g/mol. The Morgan fingerprint density at radius 1 is 1.31 bits per heavy atom. The highest BCUT2D eigenvalue weighted by Crippen LogP contribution is 2.33. The van der Waals surface area contributed by atoms with Crippen molar-refractivity contribution in [2.45, 2.75) is 44.1 Å². The van der Waals surface area contributed by atoms with Crippen LogP contribution in [-0.4, -0.2) is 22.7 Å².